The van der Waals surface area contributed by atoms with Crippen molar-refractivity contribution in [2.45, 2.75) is 18.7 Å². The summed E-state index contributed by atoms with van der Waals surface area (Å²) >= 11 is 0. The molecule has 0 aliphatic carbocycles. The molecule has 7 heteroatoms. The van der Waals surface area contributed by atoms with Crippen molar-refractivity contribution in [2.24, 2.45) is 5.92 Å². The summed E-state index contributed by atoms with van der Waals surface area (Å²) in [7, 11) is 0. The first-order chi connectivity index (χ1) is 14.1. The smallest absolute Gasteiger partial charge is 0.317 e. The van der Waals surface area contributed by atoms with E-state index in [0.717, 1.165) is 11.1 Å². The minimum absolute atomic E-state index is 0.0411. The number of rotatable bonds is 5. The van der Waals surface area contributed by atoms with Gasteiger partial charge < -0.3 is 25.3 Å². The van der Waals surface area contributed by atoms with Crippen LogP contribution in [0.4, 0.5) is 4.79 Å². The number of carbonyl (C=O) groups is 2. The second-order valence-electron chi connectivity index (χ2n) is 7.62. The molecular formula is C22H25N3O4. The van der Waals surface area contributed by atoms with Crippen molar-refractivity contribution in [1.82, 2.24) is 15.1 Å². The highest BCUT2D eigenvalue weighted by molar-refractivity contribution is 5.99. The minimum atomic E-state index is -0.714. The quantitative estimate of drug-likeness (QED) is 0.713. The first-order valence-corrected chi connectivity index (χ1v) is 9.84. The van der Waals surface area contributed by atoms with E-state index >= 15 is 0 Å². The van der Waals surface area contributed by atoms with Crippen molar-refractivity contribution < 1.29 is 19.8 Å². The molecule has 3 N–H and O–H groups in total. The molecule has 2 heterocycles. The van der Waals surface area contributed by atoms with Gasteiger partial charge in [-0.15, -0.1) is 0 Å². The zero-order valence-corrected chi connectivity index (χ0v) is 16.1. The Balaban J connectivity index is 1.49. The van der Waals surface area contributed by atoms with Gasteiger partial charge in [0, 0.05) is 37.7 Å². The number of carbonyl (C=O) groups excluding carboxylic acids is 2. The summed E-state index contributed by atoms with van der Waals surface area (Å²) in [5.74, 6) is -0.357. The Morgan fingerprint density at radius 1 is 1.07 bits per heavy atom. The fraction of sp³-hybridized carbons (Fsp3) is 0.364. The molecule has 0 spiro atoms. The van der Waals surface area contributed by atoms with Gasteiger partial charge in [0.2, 0.25) is 0 Å². The number of hydrogen-bond donors (Lipinski definition) is 3. The maximum atomic E-state index is 13.0. The van der Waals surface area contributed by atoms with Crippen LogP contribution in [0.25, 0.3) is 0 Å². The third-order valence-corrected chi connectivity index (χ3v) is 5.76. The van der Waals surface area contributed by atoms with Crippen molar-refractivity contribution >= 4 is 11.9 Å². The van der Waals surface area contributed by atoms with E-state index in [0.29, 0.717) is 18.7 Å². The van der Waals surface area contributed by atoms with Gasteiger partial charge in [0.05, 0.1) is 18.8 Å². The number of benzene rings is 2. The van der Waals surface area contributed by atoms with E-state index in [-0.39, 0.29) is 43.6 Å². The predicted molar refractivity (Wildman–Crippen MR) is 107 cm³/mol. The molecular weight excluding hydrogens is 370 g/mol. The largest absolute Gasteiger partial charge is 0.396 e. The average molecular weight is 395 g/mol. The fourth-order valence-corrected chi connectivity index (χ4v) is 4.12. The molecule has 4 rings (SSSR count). The number of urea groups is 1. The molecule has 29 heavy (non-hydrogen) atoms. The maximum Gasteiger partial charge on any atom is 0.317 e. The van der Waals surface area contributed by atoms with Crippen LogP contribution in [-0.4, -0.2) is 64.3 Å². The fourth-order valence-electron chi connectivity index (χ4n) is 4.12. The van der Waals surface area contributed by atoms with E-state index in [4.69, 9.17) is 0 Å². The molecule has 0 radical (unpaired) electrons. The number of aliphatic hydroxyl groups excluding tert-OH is 2. The molecule has 3 amide bonds. The van der Waals surface area contributed by atoms with Gasteiger partial charge in [0.15, 0.2) is 0 Å². The zero-order chi connectivity index (χ0) is 20.4. The van der Waals surface area contributed by atoms with E-state index in [1.165, 1.54) is 4.90 Å². The number of β-amino-alcohol motifs (C(OH)–C–C–N with tert-alkyl or cyclic N) is 1. The van der Waals surface area contributed by atoms with Gasteiger partial charge in [-0.05, 0) is 17.2 Å². The van der Waals surface area contributed by atoms with E-state index in [9.17, 15) is 19.8 Å². The van der Waals surface area contributed by atoms with Crippen molar-refractivity contribution in [3.05, 3.63) is 71.3 Å². The highest BCUT2D eigenvalue weighted by atomic mass is 16.3. The SMILES string of the molecule is O=C(NCC1c2ccccc2C(=O)N1Cc1ccccc1)N1CC(O)C(CO)C1. The first kappa shape index (κ1) is 19.4. The Hall–Kier alpha value is -2.90. The van der Waals surface area contributed by atoms with Crippen LogP contribution >= 0.6 is 0 Å². The Morgan fingerprint density at radius 2 is 1.79 bits per heavy atom. The molecule has 3 atom stereocenters. The van der Waals surface area contributed by atoms with Gasteiger partial charge >= 0.3 is 6.03 Å². The molecule has 3 unspecified atom stereocenters. The van der Waals surface area contributed by atoms with Crippen molar-refractivity contribution in [3.8, 4) is 0 Å². The predicted octanol–water partition coefficient (Wildman–Crippen LogP) is 1.38. The monoisotopic (exact) mass is 395 g/mol. The molecule has 2 aliphatic heterocycles. The highest BCUT2D eigenvalue weighted by Crippen LogP contribution is 2.34. The van der Waals surface area contributed by atoms with E-state index in [1.807, 2.05) is 54.6 Å². The second kappa shape index (κ2) is 8.23. The molecule has 0 saturated carbocycles. The number of nitrogens with one attached hydrogen (secondary N) is 1. The third kappa shape index (κ3) is 3.83. The molecule has 0 aromatic heterocycles. The molecule has 2 aliphatic rings. The van der Waals surface area contributed by atoms with Crippen LogP contribution in [-0.2, 0) is 6.54 Å². The van der Waals surface area contributed by atoms with Crippen LogP contribution in [0.3, 0.4) is 0 Å². The summed E-state index contributed by atoms with van der Waals surface area (Å²) < 4.78 is 0. The van der Waals surface area contributed by atoms with E-state index in [2.05, 4.69) is 5.32 Å². The van der Waals surface area contributed by atoms with Crippen LogP contribution < -0.4 is 5.32 Å². The lowest BCUT2D eigenvalue weighted by Gasteiger charge is -2.27. The van der Waals surface area contributed by atoms with Crippen molar-refractivity contribution in [2.75, 3.05) is 26.2 Å². The molecule has 2 aromatic rings. The van der Waals surface area contributed by atoms with Crippen molar-refractivity contribution in [3.63, 3.8) is 0 Å². The Morgan fingerprint density at radius 3 is 2.52 bits per heavy atom. The first-order valence-electron chi connectivity index (χ1n) is 9.84. The van der Waals surface area contributed by atoms with Crippen LogP contribution in [0.1, 0.15) is 27.5 Å². The topological polar surface area (TPSA) is 93.1 Å². The van der Waals surface area contributed by atoms with Gasteiger partial charge in [-0.2, -0.15) is 0 Å². The third-order valence-electron chi connectivity index (χ3n) is 5.76. The van der Waals surface area contributed by atoms with E-state index in [1.54, 1.807) is 4.90 Å². The number of fused-ring (bicyclic) bond motifs is 1. The van der Waals surface area contributed by atoms with Crippen LogP contribution in [0.15, 0.2) is 54.6 Å². The van der Waals surface area contributed by atoms with Crippen LogP contribution in [0.5, 0.6) is 0 Å². The minimum Gasteiger partial charge on any atom is -0.396 e. The van der Waals surface area contributed by atoms with E-state index < -0.39 is 6.10 Å². The van der Waals surface area contributed by atoms with Gasteiger partial charge in [-0.3, -0.25) is 4.79 Å². The van der Waals surface area contributed by atoms with Gasteiger partial charge in [-0.1, -0.05) is 48.5 Å². The Kier molecular flexibility index (Phi) is 5.51. The summed E-state index contributed by atoms with van der Waals surface area (Å²) in [6.45, 7) is 1.11. The molecule has 0 bridgehead atoms. The molecule has 1 saturated heterocycles. The average Bonchev–Trinajstić information content (AvgIpc) is 3.25. The summed E-state index contributed by atoms with van der Waals surface area (Å²) in [6.07, 6.45) is -0.714. The number of nitrogens with zero attached hydrogens (tertiary/aromatic N) is 2. The van der Waals surface area contributed by atoms with Crippen molar-refractivity contribution in [1.29, 1.82) is 0 Å². The normalized spacial score (nSPS) is 23.4. The van der Waals surface area contributed by atoms with Crippen LogP contribution in [0, 0.1) is 5.92 Å². The number of hydrogen-bond acceptors (Lipinski definition) is 4. The Labute approximate surface area is 169 Å². The lowest BCUT2D eigenvalue weighted by molar-refractivity contribution is 0.0708. The van der Waals surface area contributed by atoms with Gasteiger partial charge in [-0.25, -0.2) is 4.79 Å². The maximum absolute atomic E-state index is 13.0. The standard InChI is InChI=1S/C22H25N3O4/c26-14-16-12-24(13-20(16)27)22(29)23-10-19-17-8-4-5-9-18(17)21(28)25(19)11-15-6-2-1-3-7-15/h1-9,16,19-20,26-27H,10-14H2,(H,23,29). The Bertz CT molecular complexity index is 889. The van der Waals surface area contributed by atoms with Gasteiger partial charge in [0.1, 0.15) is 0 Å². The molecule has 2 aromatic carbocycles. The lowest BCUT2D eigenvalue weighted by Crippen LogP contribution is -2.43. The number of aliphatic hydroxyl groups is 2. The lowest BCUT2D eigenvalue weighted by atomic mass is 10.0. The van der Waals surface area contributed by atoms with Gasteiger partial charge in [0.25, 0.3) is 5.91 Å². The number of likely N-dealkylation sites (tertiary alicyclic amines) is 1. The molecule has 7 nitrogen and oxygen atoms in total. The summed E-state index contributed by atoms with van der Waals surface area (Å²) in [5, 5.41) is 22.1. The summed E-state index contributed by atoms with van der Waals surface area (Å²) in [6, 6.07) is 16.7. The van der Waals surface area contributed by atoms with Crippen LogP contribution in [0.2, 0.25) is 0 Å². The second-order valence-corrected chi connectivity index (χ2v) is 7.62. The summed E-state index contributed by atoms with van der Waals surface area (Å²) in [5.41, 5.74) is 2.60. The zero-order valence-electron chi connectivity index (χ0n) is 16.1. The molecule has 152 valence electrons. The molecule has 1 fully saturated rings. The summed E-state index contributed by atoms with van der Waals surface area (Å²) in [4.78, 5) is 28.9. The highest BCUT2D eigenvalue weighted by Gasteiger charge is 2.38. The number of amides is 3.